The summed E-state index contributed by atoms with van der Waals surface area (Å²) in [5, 5.41) is 10.7. The highest BCUT2D eigenvalue weighted by Gasteiger charge is 2.13. The summed E-state index contributed by atoms with van der Waals surface area (Å²) in [6.45, 7) is 1.82. The van der Waals surface area contributed by atoms with Gasteiger partial charge in [0, 0.05) is 6.20 Å². The first-order chi connectivity index (χ1) is 7.50. The zero-order valence-corrected chi connectivity index (χ0v) is 11.9. The molecule has 0 aliphatic heterocycles. The van der Waals surface area contributed by atoms with Gasteiger partial charge >= 0.3 is 0 Å². The topological polar surface area (TPSA) is 63.6 Å². The van der Waals surface area contributed by atoms with Crippen molar-refractivity contribution >= 4 is 43.5 Å². The Hall–Kier alpha value is -0.660. The summed E-state index contributed by atoms with van der Waals surface area (Å²) in [6, 6.07) is 0. The predicted molar refractivity (Wildman–Crippen MR) is 67.1 cm³/mol. The first-order valence-corrected chi connectivity index (χ1v) is 6.13. The van der Waals surface area contributed by atoms with Crippen LogP contribution in [0.3, 0.4) is 0 Å². The van der Waals surface area contributed by atoms with Gasteiger partial charge in [-0.25, -0.2) is 4.68 Å². The van der Waals surface area contributed by atoms with Crippen molar-refractivity contribution in [1.29, 1.82) is 0 Å². The summed E-state index contributed by atoms with van der Waals surface area (Å²) < 4.78 is 2.43. The predicted octanol–water partition coefficient (Wildman–Crippen LogP) is 2.44. The summed E-state index contributed by atoms with van der Waals surface area (Å²) in [5.74, 6) is 0.157. The monoisotopic (exact) mass is 366 g/mol. The van der Waals surface area contributed by atoms with Gasteiger partial charge < -0.3 is 0 Å². The molecule has 0 fully saturated rings. The Bertz CT molecular complexity index is 587. The summed E-state index contributed by atoms with van der Waals surface area (Å²) in [7, 11) is 0. The third-order valence-electron chi connectivity index (χ3n) is 1.91. The first-order valence-electron chi connectivity index (χ1n) is 4.16. The molecule has 84 valence electrons. The van der Waals surface area contributed by atoms with Crippen LogP contribution in [0.15, 0.2) is 19.9 Å². The van der Waals surface area contributed by atoms with Gasteiger partial charge in [-0.05, 0) is 38.8 Å². The third-order valence-corrected chi connectivity index (χ3v) is 3.95. The second-order valence-electron chi connectivity index (χ2n) is 3.01. The highest BCUT2D eigenvalue weighted by molar-refractivity contribution is 9.10. The molecule has 0 unspecified atom stereocenters. The fourth-order valence-corrected chi connectivity index (χ4v) is 1.77. The SMILES string of the molecule is Cc1nn(-c2n[nH]c(Cl)c(Br)c2=O)cc1Br. The van der Waals surface area contributed by atoms with Gasteiger partial charge in [0.25, 0.3) is 0 Å². The molecule has 5 nitrogen and oxygen atoms in total. The Morgan fingerprint density at radius 1 is 1.50 bits per heavy atom. The Kier molecular flexibility index (Phi) is 3.18. The van der Waals surface area contributed by atoms with Crippen LogP contribution < -0.4 is 5.43 Å². The Balaban J connectivity index is 2.66. The Morgan fingerprint density at radius 3 is 2.75 bits per heavy atom. The van der Waals surface area contributed by atoms with Crippen molar-refractivity contribution in [3.05, 3.63) is 36.2 Å². The minimum Gasteiger partial charge on any atom is -0.284 e. The number of nitrogens with one attached hydrogen (secondary N) is 1. The quantitative estimate of drug-likeness (QED) is 0.841. The van der Waals surface area contributed by atoms with E-state index in [1.807, 2.05) is 6.92 Å². The lowest BCUT2D eigenvalue weighted by Gasteiger charge is -2.00. The Labute approximate surface area is 112 Å². The third kappa shape index (κ3) is 1.94. The fourth-order valence-electron chi connectivity index (χ4n) is 1.10. The van der Waals surface area contributed by atoms with E-state index in [0.29, 0.717) is 0 Å². The van der Waals surface area contributed by atoms with Gasteiger partial charge in [-0.1, -0.05) is 11.6 Å². The smallest absolute Gasteiger partial charge is 0.242 e. The lowest BCUT2D eigenvalue weighted by atomic mass is 10.5. The van der Waals surface area contributed by atoms with Gasteiger partial charge in [0.2, 0.25) is 11.2 Å². The molecule has 0 aromatic carbocycles. The maximum Gasteiger partial charge on any atom is 0.242 e. The van der Waals surface area contributed by atoms with Crippen molar-refractivity contribution in [1.82, 2.24) is 20.0 Å². The van der Waals surface area contributed by atoms with Crippen molar-refractivity contribution in [2.45, 2.75) is 6.92 Å². The van der Waals surface area contributed by atoms with Gasteiger partial charge in [-0.15, -0.1) is 0 Å². The minimum absolute atomic E-state index is 0.157. The van der Waals surface area contributed by atoms with E-state index in [1.165, 1.54) is 4.68 Å². The molecule has 0 amide bonds. The standard InChI is InChI=1S/C8H5Br2ClN4O/c1-3-4(9)2-15(14-3)8-6(16)5(10)7(11)12-13-8/h2H,1H3,(H,12,16). The first kappa shape index (κ1) is 11.8. The van der Waals surface area contributed by atoms with Crippen LogP contribution in [0.2, 0.25) is 5.15 Å². The van der Waals surface area contributed by atoms with Gasteiger partial charge in [0.1, 0.15) is 9.63 Å². The summed E-state index contributed by atoms with van der Waals surface area (Å²) >= 11 is 12.1. The van der Waals surface area contributed by atoms with Crippen LogP contribution in [0.25, 0.3) is 5.82 Å². The lowest BCUT2D eigenvalue weighted by molar-refractivity contribution is 0.792. The van der Waals surface area contributed by atoms with E-state index < -0.39 is 0 Å². The van der Waals surface area contributed by atoms with Crippen molar-refractivity contribution in [3.8, 4) is 5.82 Å². The molecule has 0 radical (unpaired) electrons. The maximum absolute atomic E-state index is 11.8. The number of hydrogen-bond acceptors (Lipinski definition) is 3. The molecule has 0 aliphatic carbocycles. The number of halogens is 3. The summed E-state index contributed by atoms with van der Waals surface area (Å²) in [5.41, 5.74) is 0.450. The van der Waals surface area contributed by atoms with Crippen molar-refractivity contribution in [2.24, 2.45) is 0 Å². The number of hydrogen-bond donors (Lipinski definition) is 1. The number of aromatic amines is 1. The van der Waals surface area contributed by atoms with E-state index in [1.54, 1.807) is 6.20 Å². The molecule has 16 heavy (non-hydrogen) atoms. The molecule has 2 aromatic heterocycles. The summed E-state index contributed by atoms with van der Waals surface area (Å²) in [6.07, 6.45) is 1.66. The van der Waals surface area contributed by atoms with Crippen molar-refractivity contribution < 1.29 is 0 Å². The van der Waals surface area contributed by atoms with Crippen LogP contribution in [0.5, 0.6) is 0 Å². The molecular weight excluding hydrogens is 363 g/mol. The molecule has 0 atom stereocenters. The number of aryl methyl sites for hydroxylation is 1. The van der Waals surface area contributed by atoms with Crippen molar-refractivity contribution in [2.75, 3.05) is 0 Å². The number of H-pyrrole nitrogens is 1. The van der Waals surface area contributed by atoms with E-state index >= 15 is 0 Å². The molecule has 0 bridgehead atoms. The molecule has 2 rings (SSSR count). The molecule has 0 aliphatic rings. The van der Waals surface area contributed by atoms with E-state index in [9.17, 15) is 4.79 Å². The van der Waals surface area contributed by atoms with Gasteiger partial charge in [0.15, 0.2) is 0 Å². The molecule has 0 saturated carbocycles. The minimum atomic E-state index is -0.321. The number of aromatic nitrogens is 4. The molecule has 1 N–H and O–H groups in total. The zero-order valence-electron chi connectivity index (χ0n) is 7.96. The van der Waals surface area contributed by atoms with Crippen molar-refractivity contribution in [3.63, 3.8) is 0 Å². The van der Waals surface area contributed by atoms with Crippen LogP contribution >= 0.6 is 43.5 Å². The fraction of sp³-hybridized carbons (Fsp3) is 0.125. The molecule has 8 heteroatoms. The van der Waals surface area contributed by atoms with Gasteiger partial charge in [-0.3, -0.25) is 9.89 Å². The Morgan fingerprint density at radius 2 is 2.19 bits per heavy atom. The van der Waals surface area contributed by atoms with E-state index in [0.717, 1.165) is 10.2 Å². The maximum atomic E-state index is 11.8. The normalized spacial score (nSPS) is 10.8. The van der Waals surface area contributed by atoms with Crippen LogP contribution in [-0.4, -0.2) is 20.0 Å². The van der Waals surface area contributed by atoms with E-state index in [-0.39, 0.29) is 20.9 Å². The second-order valence-corrected chi connectivity index (χ2v) is 5.04. The second kappa shape index (κ2) is 4.31. The highest BCUT2D eigenvalue weighted by atomic mass is 79.9. The number of rotatable bonds is 1. The average Bonchev–Trinajstić information content (AvgIpc) is 2.56. The highest BCUT2D eigenvalue weighted by Crippen LogP contribution is 2.17. The molecule has 0 saturated heterocycles. The van der Waals surface area contributed by atoms with Crippen LogP contribution in [0.1, 0.15) is 5.69 Å². The van der Waals surface area contributed by atoms with Gasteiger partial charge in [-0.2, -0.15) is 10.2 Å². The average molecular weight is 368 g/mol. The van der Waals surface area contributed by atoms with Crippen LogP contribution in [0.4, 0.5) is 0 Å². The lowest BCUT2D eigenvalue weighted by Crippen LogP contribution is -2.16. The molecule has 2 aromatic rings. The van der Waals surface area contributed by atoms with Crippen LogP contribution in [0, 0.1) is 6.92 Å². The largest absolute Gasteiger partial charge is 0.284 e. The molecule has 2 heterocycles. The summed E-state index contributed by atoms with van der Waals surface area (Å²) in [4.78, 5) is 11.8. The molecular formula is C8H5Br2ClN4O. The van der Waals surface area contributed by atoms with Gasteiger partial charge in [0.05, 0.1) is 10.2 Å². The van der Waals surface area contributed by atoms with Crippen LogP contribution in [-0.2, 0) is 0 Å². The zero-order chi connectivity index (χ0) is 11.9. The van der Waals surface area contributed by atoms with E-state index in [2.05, 4.69) is 47.2 Å². The molecule has 0 spiro atoms. The number of nitrogens with zero attached hydrogens (tertiary/aromatic N) is 3. The van der Waals surface area contributed by atoms with E-state index in [4.69, 9.17) is 11.6 Å².